The number of carbonyl (C=O) groups is 1. The fourth-order valence-electron chi connectivity index (χ4n) is 1.55. The quantitative estimate of drug-likeness (QED) is 0.543. The number of unbranched alkanes of at least 4 members (excludes halogenated alkanes) is 1. The zero-order valence-corrected chi connectivity index (χ0v) is 11.2. The monoisotopic (exact) mass is 266 g/mol. The van der Waals surface area contributed by atoms with Crippen LogP contribution in [0, 0.1) is 6.92 Å². The topological polar surface area (TPSA) is 75.3 Å². The summed E-state index contributed by atoms with van der Waals surface area (Å²) in [4.78, 5) is 12.3. The summed E-state index contributed by atoms with van der Waals surface area (Å²) in [5, 5.41) is 12.3. The molecule has 0 saturated heterocycles. The van der Waals surface area contributed by atoms with Crippen molar-refractivity contribution >= 4 is 23.1 Å². The Morgan fingerprint density at radius 1 is 1.44 bits per heavy atom. The molecule has 0 saturated carbocycles. The average molecular weight is 266 g/mol. The molecule has 1 aromatic carbocycles. The van der Waals surface area contributed by atoms with Crippen molar-refractivity contribution in [3.05, 3.63) is 29.3 Å². The van der Waals surface area contributed by atoms with Crippen LogP contribution in [0.3, 0.4) is 0 Å². The summed E-state index contributed by atoms with van der Waals surface area (Å²) in [6.45, 7) is 2.42. The van der Waals surface area contributed by atoms with Crippen molar-refractivity contribution in [2.75, 3.05) is 6.54 Å². The number of hydrogen-bond acceptors (Lipinski definition) is 3. The van der Waals surface area contributed by atoms with E-state index in [4.69, 9.17) is 18.0 Å². The van der Waals surface area contributed by atoms with Crippen LogP contribution in [0.4, 0.5) is 0 Å². The Bertz CT molecular complexity index is 447. The lowest BCUT2D eigenvalue weighted by Gasteiger charge is -2.07. The number of phenolic OH excluding ortho intramolecular Hbond substituents is 1. The summed E-state index contributed by atoms with van der Waals surface area (Å²) in [5.74, 6) is -0.257. The lowest BCUT2D eigenvalue weighted by Crippen LogP contribution is -2.24. The minimum Gasteiger partial charge on any atom is -0.507 e. The second kappa shape index (κ2) is 6.96. The molecule has 1 aromatic rings. The maximum atomic E-state index is 11.8. The Morgan fingerprint density at radius 3 is 2.83 bits per heavy atom. The van der Waals surface area contributed by atoms with Crippen molar-refractivity contribution in [3.63, 3.8) is 0 Å². The van der Waals surface area contributed by atoms with Crippen molar-refractivity contribution < 1.29 is 9.90 Å². The summed E-state index contributed by atoms with van der Waals surface area (Å²) in [7, 11) is 0. The van der Waals surface area contributed by atoms with Crippen molar-refractivity contribution in [1.29, 1.82) is 0 Å². The van der Waals surface area contributed by atoms with Gasteiger partial charge in [0.15, 0.2) is 0 Å². The summed E-state index contributed by atoms with van der Waals surface area (Å²) in [5.41, 5.74) is 6.62. The number of rotatable bonds is 6. The first-order chi connectivity index (χ1) is 8.50. The van der Waals surface area contributed by atoms with Crippen LogP contribution >= 0.6 is 12.2 Å². The van der Waals surface area contributed by atoms with Gasteiger partial charge < -0.3 is 16.2 Å². The lowest BCUT2D eigenvalue weighted by atomic mass is 10.1. The SMILES string of the molecule is Cc1ccc(O)c(C(=O)NCCCCC(N)=S)c1. The van der Waals surface area contributed by atoms with Crippen LogP contribution < -0.4 is 11.1 Å². The van der Waals surface area contributed by atoms with E-state index in [1.54, 1.807) is 12.1 Å². The van der Waals surface area contributed by atoms with Crippen LogP contribution in [0.1, 0.15) is 35.2 Å². The van der Waals surface area contributed by atoms with Gasteiger partial charge in [-0.3, -0.25) is 4.79 Å². The highest BCUT2D eigenvalue weighted by Crippen LogP contribution is 2.17. The normalized spacial score (nSPS) is 10.1. The molecule has 5 heteroatoms. The zero-order valence-electron chi connectivity index (χ0n) is 10.4. The van der Waals surface area contributed by atoms with E-state index in [1.807, 2.05) is 6.92 Å². The molecule has 0 aliphatic heterocycles. The molecule has 0 unspecified atom stereocenters. The fraction of sp³-hybridized carbons (Fsp3) is 0.385. The largest absolute Gasteiger partial charge is 0.507 e. The first-order valence-electron chi connectivity index (χ1n) is 5.87. The Balaban J connectivity index is 2.41. The van der Waals surface area contributed by atoms with Gasteiger partial charge in [0.1, 0.15) is 5.75 Å². The second-order valence-electron chi connectivity index (χ2n) is 4.20. The number of thiocarbonyl (C=S) groups is 1. The summed E-state index contributed by atoms with van der Waals surface area (Å²) in [6, 6.07) is 4.95. The molecule has 18 heavy (non-hydrogen) atoms. The minimum absolute atomic E-state index is 0.00114. The van der Waals surface area contributed by atoms with Crippen molar-refractivity contribution in [2.45, 2.75) is 26.2 Å². The van der Waals surface area contributed by atoms with Gasteiger partial charge in [0.2, 0.25) is 0 Å². The number of nitrogens with one attached hydrogen (secondary N) is 1. The number of amides is 1. The zero-order chi connectivity index (χ0) is 13.5. The molecule has 0 atom stereocenters. The van der Waals surface area contributed by atoms with Crippen molar-refractivity contribution in [3.8, 4) is 5.75 Å². The lowest BCUT2D eigenvalue weighted by molar-refractivity contribution is 0.0950. The molecule has 0 heterocycles. The molecule has 0 aromatic heterocycles. The third kappa shape index (κ3) is 4.71. The van der Waals surface area contributed by atoms with Gasteiger partial charge in [0, 0.05) is 6.54 Å². The minimum atomic E-state index is -0.258. The van der Waals surface area contributed by atoms with E-state index in [2.05, 4.69) is 5.32 Å². The van der Waals surface area contributed by atoms with E-state index >= 15 is 0 Å². The van der Waals surface area contributed by atoms with Crippen LogP contribution in [0.25, 0.3) is 0 Å². The Labute approximate surface area is 112 Å². The number of benzene rings is 1. The van der Waals surface area contributed by atoms with Gasteiger partial charge in [-0.05, 0) is 38.3 Å². The number of phenols is 1. The van der Waals surface area contributed by atoms with Crippen LogP contribution in [-0.4, -0.2) is 22.5 Å². The standard InChI is InChI=1S/C13H18N2O2S/c1-9-5-6-11(16)10(8-9)13(17)15-7-3-2-4-12(14)18/h5-6,8,16H,2-4,7H2,1H3,(H2,14,18)(H,15,17). The molecule has 4 N–H and O–H groups in total. The Hall–Kier alpha value is -1.62. The van der Waals surface area contributed by atoms with Crippen LogP contribution in [0.15, 0.2) is 18.2 Å². The molecule has 4 nitrogen and oxygen atoms in total. The third-order valence-corrected chi connectivity index (χ3v) is 2.74. The first-order valence-corrected chi connectivity index (χ1v) is 6.27. The van der Waals surface area contributed by atoms with Crippen LogP contribution in [-0.2, 0) is 0 Å². The summed E-state index contributed by atoms with van der Waals surface area (Å²) in [6.07, 6.45) is 2.37. The molecule has 0 spiro atoms. The smallest absolute Gasteiger partial charge is 0.255 e. The number of hydrogen-bond donors (Lipinski definition) is 3. The molecule has 0 aliphatic carbocycles. The van der Waals surface area contributed by atoms with Crippen LogP contribution in [0.2, 0.25) is 0 Å². The Morgan fingerprint density at radius 2 is 2.17 bits per heavy atom. The van der Waals surface area contributed by atoms with E-state index < -0.39 is 0 Å². The predicted molar refractivity (Wildman–Crippen MR) is 75.8 cm³/mol. The van der Waals surface area contributed by atoms with Gasteiger partial charge in [-0.25, -0.2) is 0 Å². The van der Waals surface area contributed by atoms with Gasteiger partial charge in [0.25, 0.3) is 5.91 Å². The molecular formula is C13H18N2O2S. The molecule has 0 aliphatic rings. The molecule has 0 bridgehead atoms. The highest BCUT2D eigenvalue weighted by molar-refractivity contribution is 7.80. The van der Waals surface area contributed by atoms with E-state index in [0.717, 1.165) is 18.4 Å². The molecule has 0 radical (unpaired) electrons. The van der Waals surface area contributed by atoms with E-state index in [9.17, 15) is 9.90 Å². The number of aromatic hydroxyl groups is 1. The second-order valence-corrected chi connectivity index (χ2v) is 4.72. The van der Waals surface area contributed by atoms with Gasteiger partial charge in [-0.15, -0.1) is 0 Å². The van der Waals surface area contributed by atoms with Crippen LogP contribution in [0.5, 0.6) is 5.75 Å². The van der Waals surface area contributed by atoms with Gasteiger partial charge in [0.05, 0.1) is 10.6 Å². The van der Waals surface area contributed by atoms with E-state index in [-0.39, 0.29) is 11.7 Å². The summed E-state index contributed by atoms with van der Waals surface area (Å²) < 4.78 is 0. The molecular weight excluding hydrogens is 248 g/mol. The maximum Gasteiger partial charge on any atom is 0.255 e. The fourth-order valence-corrected chi connectivity index (χ4v) is 1.70. The van der Waals surface area contributed by atoms with E-state index in [0.29, 0.717) is 23.5 Å². The number of nitrogens with two attached hydrogens (primary N) is 1. The number of aryl methyl sites for hydroxylation is 1. The van der Waals surface area contributed by atoms with Gasteiger partial charge in [-0.2, -0.15) is 0 Å². The Kier molecular flexibility index (Phi) is 5.58. The molecule has 1 amide bonds. The van der Waals surface area contributed by atoms with Crippen molar-refractivity contribution in [2.24, 2.45) is 5.73 Å². The third-order valence-electron chi connectivity index (χ3n) is 2.53. The first kappa shape index (κ1) is 14.4. The average Bonchev–Trinajstić information content (AvgIpc) is 2.31. The van der Waals surface area contributed by atoms with Gasteiger partial charge >= 0.3 is 0 Å². The molecule has 0 fully saturated rings. The number of carbonyl (C=O) groups excluding carboxylic acids is 1. The molecule has 98 valence electrons. The highest BCUT2D eigenvalue weighted by atomic mass is 32.1. The van der Waals surface area contributed by atoms with E-state index in [1.165, 1.54) is 6.07 Å². The van der Waals surface area contributed by atoms with Crippen molar-refractivity contribution in [1.82, 2.24) is 5.32 Å². The molecule has 1 rings (SSSR count). The van der Waals surface area contributed by atoms with Gasteiger partial charge in [-0.1, -0.05) is 23.8 Å². The predicted octanol–water partition coefficient (Wildman–Crippen LogP) is 1.89. The highest BCUT2D eigenvalue weighted by Gasteiger charge is 2.10. The summed E-state index contributed by atoms with van der Waals surface area (Å²) >= 11 is 4.76. The maximum absolute atomic E-state index is 11.8.